The van der Waals surface area contributed by atoms with Crippen LogP contribution in [0.1, 0.15) is 81.5 Å². The molecule has 1 saturated heterocycles. The number of carbonyl (C=O) groups is 1. The van der Waals surface area contributed by atoms with Crippen molar-refractivity contribution in [2.75, 3.05) is 24.6 Å². The van der Waals surface area contributed by atoms with Crippen LogP contribution in [0.4, 0.5) is 5.69 Å². The number of hydrogen-bond acceptors (Lipinski definition) is 7. The molecule has 2 fully saturated rings. The molecule has 5 rings (SSSR count). The van der Waals surface area contributed by atoms with E-state index in [1.807, 2.05) is 70.9 Å². The number of piperidine rings is 1. The second-order valence-electron chi connectivity index (χ2n) is 12.9. The zero-order valence-electron chi connectivity index (χ0n) is 25.9. The highest BCUT2D eigenvalue weighted by atomic mass is 16.5. The summed E-state index contributed by atoms with van der Waals surface area (Å²) in [4.78, 5) is 24.6. The van der Waals surface area contributed by atoms with Gasteiger partial charge in [-0.25, -0.2) is 4.79 Å². The first-order chi connectivity index (χ1) is 20.0. The predicted molar refractivity (Wildman–Crippen MR) is 163 cm³/mol. The van der Waals surface area contributed by atoms with Gasteiger partial charge >= 0.3 is 5.97 Å². The van der Waals surface area contributed by atoms with Crippen molar-refractivity contribution >= 4 is 11.7 Å². The first kappa shape index (κ1) is 30.0. The molecule has 4 heterocycles. The summed E-state index contributed by atoms with van der Waals surface area (Å²) in [5, 5.41) is 14.8. The zero-order valence-corrected chi connectivity index (χ0v) is 25.9. The third-order valence-corrected chi connectivity index (χ3v) is 8.62. The highest BCUT2D eigenvalue weighted by Gasteiger charge is 2.37. The fourth-order valence-corrected chi connectivity index (χ4v) is 6.64. The van der Waals surface area contributed by atoms with Gasteiger partial charge < -0.3 is 19.5 Å². The summed E-state index contributed by atoms with van der Waals surface area (Å²) in [5.74, 6) is 1.03. The number of carboxylic acid groups (broad SMARTS) is 1. The van der Waals surface area contributed by atoms with Gasteiger partial charge in [0.05, 0.1) is 35.5 Å². The largest absolute Gasteiger partial charge is 0.492 e. The molecule has 0 spiro atoms. The number of rotatable bonds is 9. The smallest absolute Gasteiger partial charge is 0.337 e. The van der Waals surface area contributed by atoms with Crippen molar-refractivity contribution in [3.8, 4) is 17.0 Å². The zero-order chi connectivity index (χ0) is 30.0. The van der Waals surface area contributed by atoms with Gasteiger partial charge in [0.2, 0.25) is 0 Å². The first-order valence-electron chi connectivity index (χ1n) is 15.2. The highest BCUT2D eigenvalue weighted by molar-refractivity contribution is 5.85. The predicted octanol–water partition coefficient (Wildman–Crippen LogP) is 6.07. The van der Waals surface area contributed by atoms with E-state index in [9.17, 15) is 9.90 Å². The van der Waals surface area contributed by atoms with Crippen LogP contribution in [0.5, 0.6) is 5.75 Å². The van der Waals surface area contributed by atoms with Crippen LogP contribution in [0.25, 0.3) is 11.3 Å². The molecule has 1 N–H and O–H groups in total. The van der Waals surface area contributed by atoms with Gasteiger partial charge in [-0.3, -0.25) is 14.6 Å². The van der Waals surface area contributed by atoms with Crippen LogP contribution in [0.15, 0.2) is 30.7 Å². The molecule has 1 aliphatic heterocycles. The number of ether oxygens (including phenoxy) is 2. The lowest BCUT2D eigenvalue weighted by Gasteiger charge is -2.44. The minimum atomic E-state index is -1.14. The summed E-state index contributed by atoms with van der Waals surface area (Å²) in [5.41, 5.74) is 5.27. The maximum absolute atomic E-state index is 12.7. The highest BCUT2D eigenvalue weighted by Crippen LogP contribution is 2.44. The third kappa shape index (κ3) is 6.77. The Morgan fingerprint density at radius 2 is 1.83 bits per heavy atom. The average molecular weight is 576 g/mol. The normalized spacial score (nSPS) is 19.8. The van der Waals surface area contributed by atoms with Crippen molar-refractivity contribution in [1.29, 1.82) is 0 Å². The molecule has 2 aliphatic rings. The molecule has 0 aromatic carbocycles. The number of aromatic nitrogens is 4. The van der Waals surface area contributed by atoms with Crippen LogP contribution in [0, 0.1) is 25.7 Å². The second kappa shape index (κ2) is 12.4. The Bertz CT molecular complexity index is 1390. The average Bonchev–Trinajstić information content (AvgIpc) is 3.27. The number of anilines is 1. The minimum absolute atomic E-state index is 0.524. The van der Waals surface area contributed by atoms with Crippen molar-refractivity contribution in [2.45, 2.75) is 84.8 Å². The summed E-state index contributed by atoms with van der Waals surface area (Å²) < 4.78 is 14.0. The molecule has 3 atom stereocenters. The molecule has 226 valence electrons. The summed E-state index contributed by atoms with van der Waals surface area (Å²) in [6.45, 7) is 11.9. The van der Waals surface area contributed by atoms with Crippen molar-refractivity contribution in [3.05, 3.63) is 53.2 Å². The summed E-state index contributed by atoms with van der Waals surface area (Å²) in [7, 11) is 1.92. The van der Waals surface area contributed by atoms with E-state index in [-0.39, 0.29) is 0 Å². The fraction of sp³-hybridized carbons (Fsp3) is 0.576. The number of carboxylic acids is 1. The third-order valence-electron chi connectivity index (χ3n) is 8.62. The standard InChI is InChI=1S/C33H45N5O4/c1-21-24(19-37(6)36-21)14-16-41-26-11-12-28(35-17-26)27-18-34-22(2)29(31(32(39)40)42-33(3,4)5)30(27)38-15-13-23-9-7-8-10-25(23)20-38/h11-12,17-19,23,25,31H,7-10,13-16,20H2,1-6H3,(H,39,40)/t23?,25?,31-/m0/s1. The molecule has 2 unspecified atom stereocenters. The maximum Gasteiger partial charge on any atom is 0.337 e. The number of fused-ring (bicyclic) bond motifs is 1. The molecule has 0 bridgehead atoms. The van der Waals surface area contributed by atoms with Gasteiger partial charge in [0.15, 0.2) is 6.10 Å². The Morgan fingerprint density at radius 1 is 1.07 bits per heavy atom. The summed E-state index contributed by atoms with van der Waals surface area (Å²) in [6.07, 6.45) is 11.4. The van der Waals surface area contributed by atoms with Crippen molar-refractivity contribution in [3.63, 3.8) is 0 Å². The Morgan fingerprint density at radius 3 is 2.48 bits per heavy atom. The Hall–Kier alpha value is -3.46. The van der Waals surface area contributed by atoms with E-state index in [1.54, 1.807) is 6.20 Å². The Balaban J connectivity index is 1.48. The van der Waals surface area contributed by atoms with Gasteiger partial charge in [-0.1, -0.05) is 19.3 Å². The van der Waals surface area contributed by atoms with E-state index in [2.05, 4.69) is 10.00 Å². The molecule has 0 amide bonds. The second-order valence-corrected chi connectivity index (χ2v) is 12.9. The van der Waals surface area contributed by atoms with Crippen molar-refractivity contribution in [2.24, 2.45) is 18.9 Å². The summed E-state index contributed by atoms with van der Waals surface area (Å²) in [6, 6.07) is 3.87. The Kier molecular flexibility index (Phi) is 8.87. The fourth-order valence-electron chi connectivity index (χ4n) is 6.64. The SMILES string of the molecule is Cc1nn(C)cc1CCOc1ccc(-c2cnc(C)c([C@H](OC(C)(C)C)C(=O)O)c2N2CCC3CCCCC3C2)nc1. The van der Waals surface area contributed by atoms with Crippen molar-refractivity contribution < 1.29 is 19.4 Å². The summed E-state index contributed by atoms with van der Waals surface area (Å²) >= 11 is 0. The van der Waals surface area contributed by atoms with Crippen molar-refractivity contribution in [1.82, 2.24) is 19.7 Å². The lowest BCUT2D eigenvalue weighted by molar-refractivity contribution is -0.160. The maximum atomic E-state index is 12.7. The number of hydrogen-bond donors (Lipinski definition) is 1. The molecular weight excluding hydrogens is 530 g/mol. The van der Waals surface area contributed by atoms with Gasteiger partial charge in [0, 0.05) is 55.8 Å². The number of nitrogens with zero attached hydrogens (tertiary/aromatic N) is 5. The van der Waals surface area contributed by atoms with E-state index < -0.39 is 17.7 Å². The van der Waals surface area contributed by atoms with Crippen LogP contribution in [-0.2, 0) is 23.0 Å². The molecule has 3 aromatic rings. The molecule has 9 nitrogen and oxygen atoms in total. The molecule has 9 heteroatoms. The first-order valence-corrected chi connectivity index (χ1v) is 15.2. The van der Waals surface area contributed by atoms with Gasteiger partial charge in [0.1, 0.15) is 5.75 Å². The molecule has 42 heavy (non-hydrogen) atoms. The topological polar surface area (TPSA) is 103 Å². The van der Waals surface area contributed by atoms with Gasteiger partial charge in [-0.05, 0) is 77.0 Å². The number of pyridine rings is 2. The quantitative estimate of drug-likeness (QED) is 0.328. The van der Waals surface area contributed by atoms with Crippen LogP contribution in [-0.4, -0.2) is 56.1 Å². The minimum Gasteiger partial charge on any atom is -0.492 e. The Labute approximate surface area is 249 Å². The van der Waals surface area contributed by atoms with Crippen LogP contribution < -0.4 is 9.64 Å². The van der Waals surface area contributed by atoms with Gasteiger partial charge in [-0.2, -0.15) is 5.10 Å². The monoisotopic (exact) mass is 575 g/mol. The van der Waals surface area contributed by atoms with E-state index in [0.717, 1.165) is 60.1 Å². The molecule has 3 aromatic heterocycles. The molecule has 1 saturated carbocycles. The van der Waals surface area contributed by atoms with E-state index in [4.69, 9.17) is 19.4 Å². The van der Waals surface area contributed by atoms with Crippen LogP contribution in [0.3, 0.4) is 0 Å². The lowest BCUT2D eigenvalue weighted by Crippen LogP contribution is -2.43. The van der Waals surface area contributed by atoms with Crippen LogP contribution in [0.2, 0.25) is 0 Å². The van der Waals surface area contributed by atoms with E-state index in [1.165, 1.54) is 25.7 Å². The molecule has 1 aliphatic carbocycles. The number of aryl methyl sites for hydroxylation is 3. The van der Waals surface area contributed by atoms with Crippen LogP contribution >= 0.6 is 0 Å². The van der Waals surface area contributed by atoms with Gasteiger partial charge in [-0.15, -0.1) is 0 Å². The number of aliphatic carboxylic acids is 1. The van der Waals surface area contributed by atoms with Gasteiger partial charge in [0.25, 0.3) is 0 Å². The molecular formula is C33H45N5O4. The van der Waals surface area contributed by atoms with E-state index >= 15 is 0 Å². The molecule has 0 radical (unpaired) electrons. The van der Waals surface area contributed by atoms with E-state index in [0.29, 0.717) is 29.5 Å². The lowest BCUT2D eigenvalue weighted by atomic mass is 9.75.